The maximum absolute atomic E-state index is 11.8. The molecule has 2 N–H and O–H groups in total. The van der Waals surface area contributed by atoms with Gasteiger partial charge >= 0.3 is 12.1 Å². The van der Waals surface area contributed by atoms with Crippen molar-refractivity contribution < 1.29 is 19.4 Å². The average Bonchev–Trinajstić information content (AvgIpc) is 2.54. The van der Waals surface area contributed by atoms with Gasteiger partial charge in [-0.2, -0.15) is 0 Å². The molecule has 1 aromatic carbocycles. The minimum absolute atomic E-state index is 0.0721. The number of hydrogen-bond acceptors (Lipinski definition) is 4. The maximum atomic E-state index is 11.8. The standard InChI is InChI=1S/C20H24N2O4/c1-13-7-5-6-8-16(13)14-9-10-15(21-12-14)11-17(18(23)24)22-19(25)26-20(2,3)4/h5-10,12,17H,11H2,1-4H3,(H,22,25)(H,23,24)/t17-/m1/s1. The zero-order valence-corrected chi connectivity index (χ0v) is 15.4. The van der Waals surface area contributed by atoms with Crippen molar-refractivity contribution in [3.63, 3.8) is 0 Å². The van der Waals surface area contributed by atoms with Crippen molar-refractivity contribution in [1.29, 1.82) is 0 Å². The van der Waals surface area contributed by atoms with Gasteiger partial charge in [-0.3, -0.25) is 4.98 Å². The molecule has 0 spiro atoms. The molecule has 0 fully saturated rings. The van der Waals surface area contributed by atoms with Gasteiger partial charge in [0.25, 0.3) is 0 Å². The summed E-state index contributed by atoms with van der Waals surface area (Å²) in [6.07, 6.45) is 1.02. The number of aliphatic carboxylic acids is 1. The van der Waals surface area contributed by atoms with Gasteiger partial charge in [-0.25, -0.2) is 9.59 Å². The van der Waals surface area contributed by atoms with Crippen molar-refractivity contribution >= 4 is 12.1 Å². The van der Waals surface area contributed by atoms with Gasteiger partial charge in [-0.15, -0.1) is 0 Å². The molecule has 1 heterocycles. The summed E-state index contributed by atoms with van der Waals surface area (Å²) in [6, 6.07) is 10.5. The minimum atomic E-state index is -1.14. The van der Waals surface area contributed by atoms with E-state index >= 15 is 0 Å². The summed E-state index contributed by atoms with van der Waals surface area (Å²) < 4.78 is 5.11. The van der Waals surface area contributed by atoms with E-state index in [0.717, 1.165) is 16.7 Å². The number of aryl methyl sites for hydroxylation is 1. The number of benzene rings is 1. The highest BCUT2D eigenvalue weighted by Crippen LogP contribution is 2.22. The smallest absolute Gasteiger partial charge is 0.408 e. The van der Waals surface area contributed by atoms with Gasteiger partial charge in [-0.1, -0.05) is 30.3 Å². The molecule has 0 aliphatic heterocycles. The third-order valence-corrected chi connectivity index (χ3v) is 3.68. The molecule has 0 saturated carbocycles. The van der Waals surface area contributed by atoms with Gasteiger partial charge in [0.15, 0.2) is 0 Å². The Morgan fingerprint density at radius 2 is 1.88 bits per heavy atom. The predicted octanol–water partition coefficient (Wildman–Crippen LogP) is 3.58. The molecule has 26 heavy (non-hydrogen) atoms. The molecule has 6 nitrogen and oxygen atoms in total. The Morgan fingerprint density at radius 3 is 2.42 bits per heavy atom. The summed E-state index contributed by atoms with van der Waals surface area (Å²) in [4.78, 5) is 27.6. The molecule has 6 heteroatoms. The molecule has 1 atom stereocenters. The van der Waals surface area contributed by atoms with Crippen molar-refractivity contribution in [2.24, 2.45) is 0 Å². The second kappa shape index (κ2) is 7.99. The van der Waals surface area contributed by atoms with E-state index in [1.54, 1.807) is 33.0 Å². The molecule has 0 aliphatic carbocycles. The second-order valence-corrected chi connectivity index (χ2v) is 7.09. The summed E-state index contributed by atoms with van der Waals surface area (Å²) in [5.41, 5.74) is 3.05. The van der Waals surface area contributed by atoms with Gasteiger partial charge in [0, 0.05) is 23.9 Å². The quantitative estimate of drug-likeness (QED) is 0.855. The lowest BCUT2D eigenvalue weighted by Crippen LogP contribution is -2.44. The highest BCUT2D eigenvalue weighted by atomic mass is 16.6. The molecule has 2 aromatic rings. The number of alkyl carbamates (subject to hydrolysis) is 1. The Hall–Kier alpha value is -2.89. The summed E-state index contributed by atoms with van der Waals surface area (Å²) in [5.74, 6) is -1.14. The molecular weight excluding hydrogens is 332 g/mol. The van der Waals surface area contributed by atoms with Gasteiger partial charge in [-0.05, 0) is 44.9 Å². The Balaban J connectivity index is 2.09. The van der Waals surface area contributed by atoms with Gasteiger partial charge < -0.3 is 15.2 Å². The van der Waals surface area contributed by atoms with E-state index in [4.69, 9.17) is 4.74 Å². The van der Waals surface area contributed by atoms with Crippen molar-refractivity contribution in [1.82, 2.24) is 10.3 Å². The molecule has 0 unspecified atom stereocenters. The highest BCUT2D eigenvalue weighted by Gasteiger charge is 2.24. The summed E-state index contributed by atoms with van der Waals surface area (Å²) in [7, 11) is 0. The average molecular weight is 356 g/mol. The van der Waals surface area contributed by atoms with Crippen LogP contribution in [0.25, 0.3) is 11.1 Å². The fourth-order valence-electron chi connectivity index (χ4n) is 2.46. The van der Waals surface area contributed by atoms with E-state index in [2.05, 4.69) is 10.3 Å². The molecule has 1 amide bonds. The Kier molecular flexibility index (Phi) is 5.97. The topological polar surface area (TPSA) is 88.5 Å². The van der Waals surface area contributed by atoms with Crippen LogP contribution in [0.3, 0.4) is 0 Å². The van der Waals surface area contributed by atoms with Crippen LogP contribution in [0.5, 0.6) is 0 Å². The van der Waals surface area contributed by atoms with Crippen molar-refractivity contribution in [2.75, 3.05) is 0 Å². The lowest BCUT2D eigenvalue weighted by Gasteiger charge is -2.22. The first-order valence-electron chi connectivity index (χ1n) is 8.39. The summed E-state index contributed by atoms with van der Waals surface area (Å²) in [6.45, 7) is 7.17. The van der Waals surface area contributed by atoms with Crippen LogP contribution >= 0.6 is 0 Å². The summed E-state index contributed by atoms with van der Waals surface area (Å²) in [5, 5.41) is 11.7. The van der Waals surface area contributed by atoms with Crippen LogP contribution in [-0.4, -0.2) is 33.8 Å². The van der Waals surface area contributed by atoms with Gasteiger partial charge in [0.1, 0.15) is 11.6 Å². The third-order valence-electron chi connectivity index (χ3n) is 3.68. The van der Waals surface area contributed by atoms with Crippen molar-refractivity contribution in [2.45, 2.75) is 45.8 Å². The lowest BCUT2D eigenvalue weighted by atomic mass is 10.0. The Labute approximate surface area is 153 Å². The van der Waals surface area contributed by atoms with Crippen LogP contribution < -0.4 is 5.32 Å². The molecule has 2 rings (SSSR count). The Bertz CT molecular complexity index is 779. The normalized spacial score (nSPS) is 12.3. The van der Waals surface area contributed by atoms with Crippen molar-refractivity contribution in [3.05, 3.63) is 53.9 Å². The highest BCUT2D eigenvalue weighted by molar-refractivity contribution is 5.80. The number of nitrogens with one attached hydrogen (secondary N) is 1. The molecular formula is C20H24N2O4. The second-order valence-electron chi connectivity index (χ2n) is 7.09. The number of pyridine rings is 1. The monoisotopic (exact) mass is 356 g/mol. The number of carboxylic acids is 1. The fourth-order valence-corrected chi connectivity index (χ4v) is 2.46. The third kappa shape index (κ3) is 5.58. The van der Waals surface area contributed by atoms with E-state index in [1.807, 2.05) is 37.3 Å². The number of ether oxygens (including phenoxy) is 1. The first-order valence-corrected chi connectivity index (χ1v) is 8.39. The largest absolute Gasteiger partial charge is 0.480 e. The van der Waals surface area contributed by atoms with Crippen LogP contribution in [0.4, 0.5) is 4.79 Å². The zero-order valence-electron chi connectivity index (χ0n) is 15.4. The van der Waals surface area contributed by atoms with Crippen LogP contribution in [0, 0.1) is 6.92 Å². The number of amides is 1. The van der Waals surface area contributed by atoms with E-state index in [-0.39, 0.29) is 6.42 Å². The number of carboxylic acid groups (broad SMARTS) is 1. The van der Waals surface area contributed by atoms with E-state index < -0.39 is 23.7 Å². The number of aromatic nitrogens is 1. The van der Waals surface area contributed by atoms with E-state index in [9.17, 15) is 14.7 Å². The number of hydrogen-bond donors (Lipinski definition) is 2. The zero-order chi connectivity index (χ0) is 19.3. The first-order chi connectivity index (χ1) is 12.2. The number of rotatable bonds is 5. The van der Waals surface area contributed by atoms with Crippen molar-refractivity contribution in [3.8, 4) is 11.1 Å². The van der Waals surface area contributed by atoms with Crippen LogP contribution in [0.1, 0.15) is 32.0 Å². The molecule has 0 bridgehead atoms. The van der Waals surface area contributed by atoms with Crippen LogP contribution in [0.15, 0.2) is 42.6 Å². The fraction of sp³-hybridized carbons (Fsp3) is 0.350. The number of carbonyl (C=O) groups is 2. The Morgan fingerprint density at radius 1 is 1.19 bits per heavy atom. The maximum Gasteiger partial charge on any atom is 0.408 e. The SMILES string of the molecule is Cc1ccccc1-c1ccc(C[C@@H](NC(=O)OC(C)(C)C)C(=O)O)nc1. The van der Waals surface area contributed by atoms with Crippen LogP contribution in [-0.2, 0) is 16.0 Å². The minimum Gasteiger partial charge on any atom is -0.480 e. The molecule has 1 aromatic heterocycles. The molecule has 0 radical (unpaired) electrons. The molecule has 0 saturated heterocycles. The first kappa shape index (κ1) is 19.4. The van der Waals surface area contributed by atoms with Crippen LogP contribution in [0.2, 0.25) is 0 Å². The number of carbonyl (C=O) groups excluding carboxylic acids is 1. The molecule has 138 valence electrons. The van der Waals surface area contributed by atoms with Gasteiger partial charge in [0.2, 0.25) is 0 Å². The predicted molar refractivity (Wildman–Crippen MR) is 98.9 cm³/mol. The molecule has 0 aliphatic rings. The van der Waals surface area contributed by atoms with E-state index in [1.165, 1.54) is 0 Å². The van der Waals surface area contributed by atoms with Gasteiger partial charge in [0.05, 0.1) is 0 Å². The number of nitrogens with zero attached hydrogens (tertiary/aromatic N) is 1. The van der Waals surface area contributed by atoms with E-state index in [0.29, 0.717) is 5.69 Å². The lowest BCUT2D eigenvalue weighted by molar-refractivity contribution is -0.139. The summed E-state index contributed by atoms with van der Waals surface area (Å²) >= 11 is 0.